The van der Waals surface area contributed by atoms with E-state index in [9.17, 15) is 16.9 Å². The molecule has 0 spiro atoms. The zero-order chi connectivity index (χ0) is 18.5. The summed E-state index contributed by atoms with van der Waals surface area (Å²) in [5.74, 6) is 1.82. The van der Waals surface area contributed by atoms with Crippen LogP contribution in [0.4, 0.5) is 16.9 Å². The molecule has 0 bridgehead atoms. The molecule has 0 heterocycles. The van der Waals surface area contributed by atoms with E-state index in [4.69, 9.17) is 9.47 Å². The number of rotatable bonds is 4. The number of hydrogen-bond donors (Lipinski definition) is 0. The van der Waals surface area contributed by atoms with E-state index in [2.05, 4.69) is 24.3 Å². The van der Waals surface area contributed by atoms with E-state index in [1.165, 1.54) is 7.14 Å². The standard InChI is InChI=1S/C14H14IO2.6FH.Sb/c1-16-13-7-3-11(4-8-13)15-12-5-9-14(17-2)10-6-12;;;;;;;/h3-10H,1-2H3;6*1H;/q+1;;;;;;;+5/p-6. The third-order valence-corrected chi connectivity index (χ3v) is 5.00. The van der Waals surface area contributed by atoms with Crippen molar-refractivity contribution in [1.82, 2.24) is 0 Å². The summed E-state index contributed by atoms with van der Waals surface area (Å²) in [5.41, 5.74) is 0. The summed E-state index contributed by atoms with van der Waals surface area (Å²) >= 11 is -11.4. The van der Waals surface area contributed by atoms with E-state index < -0.39 is 19.5 Å². The fourth-order valence-electron chi connectivity index (χ4n) is 1.39. The Kier molecular flexibility index (Phi) is 6.35. The molecule has 0 aromatic heterocycles. The molecule has 0 amide bonds. The van der Waals surface area contributed by atoms with Crippen molar-refractivity contribution in [3.8, 4) is 11.5 Å². The first kappa shape index (κ1) is 21.2. The normalized spacial score (nSPS) is 13.8. The Bertz CT molecular complexity index is 599. The van der Waals surface area contributed by atoms with Gasteiger partial charge in [0.05, 0.1) is 14.2 Å². The molecule has 0 N–H and O–H groups in total. The number of ether oxygens (including phenoxy) is 2. The molecule has 136 valence electrons. The molecule has 0 saturated carbocycles. The van der Waals surface area contributed by atoms with Gasteiger partial charge < -0.3 is 9.47 Å². The van der Waals surface area contributed by atoms with Gasteiger partial charge in [-0.05, 0) is 48.5 Å². The number of benzene rings is 2. The second kappa shape index (κ2) is 7.19. The van der Waals surface area contributed by atoms with Crippen LogP contribution in [-0.2, 0) is 0 Å². The van der Waals surface area contributed by atoms with Gasteiger partial charge in [-0.2, -0.15) is 0 Å². The quantitative estimate of drug-likeness (QED) is 0.315. The monoisotopic (exact) mass is 576 g/mol. The Labute approximate surface area is 147 Å². The molecule has 2 aromatic rings. The molecule has 24 heavy (non-hydrogen) atoms. The average molecular weight is 577 g/mol. The first-order chi connectivity index (χ1) is 10.8. The zero-order valence-electron chi connectivity index (χ0n) is 12.5. The summed E-state index contributed by atoms with van der Waals surface area (Å²) in [5, 5.41) is 0. The van der Waals surface area contributed by atoms with Crippen molar-refractivity contribution in [2.45, 2.75) is 0 Å². The Morgan fingerprint density at radius 1 is 0.625 bits per heavy atom. The Morgan fingerprint density at radius 2 is 0.875 bits per heavy atom. The van der Waals surface area contributed by atoms with E-state index in [0.717, 1.165) is 11.5 Å². The van der Waals surface area contributed by atoms with Crippen molar-refractivity contribution in [3.05, 3.63) is 55.7 Å². The molecule has 0 aliphatic heterocycles. The molecule has 0 aliphatic carbocycles. The molecular weight excluding hydrogens is 563 g/mol. The molecule has 0 fully saturated rings. The summed E-state index contributed by atoms with van der Waals surface area (Å²) in [6.07, 6.45) is 0. The Balaban J connectivity index is 0.000000351. The molecule has 0 radical (unpaired) electrons. The summed E-state index contributed by atoms with van der Waals surface area (Å²) in [4.78, 5) is 0. The molecular formula is C14H14F6IO2Sb. The van der Waals surface area contributed by atoms with E-state index in [0.29, 0.717) is 0 Å². The predicted molar refractivity (Wildman–Crippen MR) is 75.8 cm³/mol. The topological polar surface area (TPSA) is 18.5 Å². The van der Waals surface area contributed by atoms with Crippen LogP contribution >= 0.6 is 0 Å². The molecule has 2 rings (SSSR count). The van der Waals surface area contributed by atoms with Gasteiger partial charge in [-0.25, -0.2) is 0 Å². The molecule has 10 heteroatoms. The van der Waals surface area contributed by atoms with Crippen LogP contribution in [-0.4, -0.2) is 33.7 Å². The van der Waals surface area contributed by atoms with E-state index in [1.807, 2.05) is 24.3 Å². The fourth-order valence-corrected chi connectivity index (χ4v) is 3.55. The summed E-state index contributed by atoms with van der Waals surface area (Å²) < 4.78 is 72.6. The van der Waals surface area contributed by atoms with Crippen LogP contribution < -0.4 is 30.7 Å². The van der Waals surface area contributed by atoms with E-state index in [1.54, 1.807) is 14.2 Å². The van der Waals surface area contributed by atoms with Gasteiger partial charge in [0.25, 0.3) is 0 Å². The predicted octanol–water partition coefficient (Wildman–Crippen LogP) is 1.97. The van der Waals surface area contributed by atoms with Crippen molar-refractivity contribution in [1.29, 1.82) is 0 Å². The van der Waals surface area contributed by atoms with Gasteiger partial charge >= 0.3 is 57.6 Å². The molecule has 0 atom stereocenters. The molecule has 0 saturated heterocycles. The maximum atomic E-state index is 9.93. The minimum atomic E-state index is -11.2. The van der Waals surface area contributed by atoms with Gasteiger partial charge in [-0.3, -0.25) is 0 Å². The van der Waals surface area contributed by atoms with Crippen LogP contribution in [0.1, 0.15) is 0 Å². The van der Waals surface area contributed by atoms with Crippen molar-refractivity contribution >= 4 is 19.5 Å². The SMILES string of the molecule is COc1ccc([I+]c2ccc(OC)cc2)cc1.[F][Sb-]([F])([F])([F])([F])[F]. The van der Waals surface area contributed by atoms with Crippen molar-refractivity contribution in [2.24, 2.45) is 0 Å². The van der Waals surface area contributed by atoms with Gasteiger partial charge in [-0.15, -0.1) is 0 Å². The number of hydrogen-bond acceptors (Lipinski definition) is 2. The van der Waals surface area contributed by atoms with Gasteiger partial charge in [0.1, 0.15) is 11.5 Å². The van der Waals surface area contributed by atoms with Crippen LogP contribution in [0, 0.1) is 7.14 Å². The molecule has 2 aromatic carbocycles. The number of methoxy groups -OCH3 is 2. The second-order valence-electron chi connectivity index (χ2n) is 4.37. The zero-order valence-corrected chi connectivity index (χ0v) is 17.2. The molecule has 0 unspecified atom stereocenters. The summed E-state index contributed by atoms with van der Waals surface area (Å²) in [6.45, 7) is 0. The maximum absolute atomic E-state index is 11.2. The van der Waals surface area contributed by atoms with Crippen LogP contribution in [0.5, 0.6) is 11.5 Å². The first-order valence-corrected chi connectivity index (χ1v) is 14.2. The third kappa shape index (κ3) is 11.7. The van der Waals surface area contributed by atoms with Gasteiger partial charge in [0, 0.05) is 0 Å². The van der Waals surface area contributed by atoms with E-state index in [-0.39, 0.29) is 21.2 Å². The Hall–Kier alpha value is -0.832. The Morgan fingerprint density at radius 3 is 1.08 bits per heavy atom. The van der Waals surface area contributed by atoms with Crippen LogP contribution in [0.3, 0.4) is 0 Å². The average Bonchev–Trinajstić information content (AvgIpc) is 2.46. The van der Waals surface area contributed by atoms with E-state index >= 15 is 0 Å². The van der Waals surface area contributed by atoms with Crippen molar-refractivity contribution < 1.29 is 47.6 Å². The third-order valence-electron chi connectivity index (χ3n) is 2.32. The molecule has 0 aliphatic rings. The second-order valence-corrected chi connectivity index (χ2v) is 12.9. The summed E-state index contributed by atoms with van der Waals surface area (Å²) in [6, 6.07) is 16.6. The van der Waals surface area contributed by atoms with Gasteiger partial charge in [0.2, 0.25) is 0 Å². The molecule has 2 nitrogen and oxygen atoms in total. The van der Waals surface area contributed by atoms with Crippen LogP contribution in [0.2, 0.25) is 0 Å². The minimum absolute atomic E-state index is 0.119. The van der Waals surface area contributed by atoms with Gasteiger partial charge in [-0.1, -0.05) is 0 Å². The van der Waals surface area contributed by atoms with Crippen LogP contribution in [0.25, 0.3) is 0 Å². The van der Waals surface area contributed by atoms with Crippen LogP contribution in [0.15, 0.2) is 48.5 Å². The van der Waals surface area contributed by atoms with Gasteiger partial charge in [0.15, 0.2) is 7.14 Å². The number of halogens is 7. The first-order valence-electron chi connectivity index (χ1n) is 6.26. The van der Waals surface area contributed by atoms with Crippen molar-refractivity contribution in [3.63, 3.8) is 0 Å². The van der Waals surface area contributed by atoms with Crippen molar-refractivity contribution in [2.75, 3.05) is 14.2 Å². The fraction of sp³-hybridized carbons (Fsp3) is 0.143. The summed E-state index contributed by atoms with van der Waals surface area (Å²) in [7, 11) is 3.38.